The maximum atomic E-state index is 13.4. The number of nitrogens with zero attached hydrogens (tertiary/aromatic N) is 4. The van der Waals surface area contributed by atoms with Crippen molar-refractivity contribution in [3.63, 3.8) is 0 Å². The molecule has 1 atom stereocenters. The van der Waals surface area contributed by atoms with Gasteiger partial charge in [0, 0.05) is 23.9 Å². The number of nitro groups is 1. The van der Waals surface area contributed by atoms with Gasteiger partial charge in [-0.2, -0.15) is 0 Å². The third-order valence-electron chi connectivity index (χ3n) is 6.21. The van der Waals surface area contributed by atoms with Crippen LogP contribution in [0.15, 0.2) is 90.6 Å². The van der Waals surface area contributed by atoms with Gasteiger partial charge < -0.3 is 5.11 Å². The average molecular weight is 509 g/mol. The van der Waals surface area contributed by atoms with E-state index in [9.17, 15) is 24.8 Å². The van der Waals surface area contributed by atoms with Crippen LogP contribution in [0.2, 0.25) is 0 Å². The number of hydrogen-bond acceptors (Lipinski definition) is 8. The van der Waals surface area contributed by atoms with Gasteiger partial charge in [0.05, 0.1) is 26.4 Å². The van der Waals surface area contributed by atoms with Crippen LogP contribution in [0.25, 0.3) is 26.7 Å². The van der Waals surface area contributed by atoms with Crippen LogP contribution < -0.4 is 4.90 Å². The fourth-order valence-electron chi connectivity index (χ4n) is 4.46. The van der Waals surface area contributed by atoms with Gasteiger partial charge in [0.25, 0.3) is 11.5 Å². The predicted molar refractivity (Wildman–Crippen MR) is 139 cm³/mol. The Labute approximate surface area is 213 Å². The smallest absolute Gasteiger partial charge is 0.301 e. The quantitative estimate of drug-likeness (QED) is 0.114. The number of fused-ring (bicyclic) bond motifs is 2. The minimum atomic E-state index is -1.04. The zero-order chi connectivity index (χ0) is 25.7. The molecule has 0 radical (unpaired) electrons. The van der Waals surface area contributed by atoms with Crippen LogP contribution >= 0.6 is 11.3 Å². The first-order valence-corrected chi connectivity index (χ1v) is 12.0. The molecule has 0 aliphatic carbocycles. The standard InChI is InChI=1S/C27H16N4O5S/c32-24(17-9-8-15-5-1-2-6-16(15)13-17)22-23(20-7-3-4-12-28-20)30(26(34)25(22)33)27-29-19-11-10-18(31(35)36)14-21(19)37-27/h1-14,23,32H/b24-22+. The second-order valence-electron chi connectivity index (χ2n) is 8.39. The van der Waals surface area contributed by atoms with Crippen molar-refractivity contribution >= 4 is 60.6 Å². The summed E-state index contributed by atoms with van der Waals surface area (Å²) < 4.78 is 0.486. The maximum Gasteiger partial charge on any atom is 0.301 e. The number of benzene rings is 3. The van der Waals surface area contributed by atoms with Crippen LogP contribution in [-0.2, 0) is 9.59 Å². The molecular formula is C27H16N4O5S. The first-order chi connectivity index (χ1) is 17.9. The van der Waals surface area contributed by atoms with Gasteiger partial charge in [-0.05, 0) is 35.0 Å². The molecule has 3 heterocycles. The van der Waals surface area contributed by atoms with E-state index in [-0.39, 0.29) is 22.2 Å². The number of aliphatic hydroxyl groups excluding tert-OH is 1. The Morgan fingerprint density at radius 2 is 1.76 bits per heavy atom. The number of rotatable bonds is 4. The van der Waals surface area contributed by atoms with Crippen LogP contribution in [0.1, 0.15) is 17.3 Å². The summed E-state index contributed by atoms with van der Waals surface area (Å²) in [6.07, 6.45) is 1.53. The Morgan fingerprint density at radius 3 is 2.51 bits per heavy atom. The summed E-state index contributed by atoms with van der Waals surface area (Å²) in [7, 11) is 0. The number of non-ortho nitro benzene ring substituents is 1. The lowest BCUT2D eigenvalue weighted by atomic mass is 9.97. The lowest BCUT2D eigenvalue weighted by molar-refractivity contribution is -0.384. The third kappa shape index (κ3) is 3.71. The van der Waals surface area contributed by atoms with Gasteiger partial charge in [-0.3, -0.25) is 29.6 Å². The average Bonchev–Trinajstić information content (AvgIpc) is 3.46. The number of aliphatic hydroxyl groups is 1. The molecule has 1 saturated heterocycles. The van der Waals surface area contributed by atoms with Gasteiger partial charge in [-0.1, -0.05) is 53.8 Å². The number of thiazole rings is 1. The van der Waals surface area contributed by atoms with E-state index >= 15 is 0 Å². The van der Waals surface area contributed by atoms with Gasteiger partial charge in [0.2, 0.25) is 0 Å². The Bertz CT molecular complexity index is 1780. The van der Waals surface area contributed by atoms with Crippen LogP contribution in [0.5, 0.6) is 0 Å². The monoisotopic (exact) mass is 508 g/mol. The first kappa shape index (κ1) is 22.5. The molecule has 9 nitrogen and oxygen atoms in total. The Hall–Kier alpha value is -4.96. The highest BCUT2D eigenvalue weighted by Crippen LogP contribution is 2.44. The summed E-state index contributed by atoms with van der Waals surface area (Å²) in [5.74, 6) is -2.06. The molecule has 1 fully saturated rings. The fraction of sp³-hybridized carbons (Fsp3) is 0.0370. The molecule has 0 bridgehead atoms. The summed E-state index contributed by atoms with van der Waals surface area (Å²) in [6, 6.07) is 21.1. The highest BCUT2D eigenvalue weighted by molar-refractivity contribution is 7.22. The first-order valence-electron chi connectivity index (χ1n) is 11.2. The normalized spacial score (nSPS) is 17.1. The molecule has 0 saturated carbocycles. The molecule has 5 aromatic rings. The maximum absolute atomic E-state index is 13.4. The summed E-state index contributed by atoms with van der Waals surface area (Å²) >= 11 is 1.05. The number of carbonyl (C=O) groups is 2. The van der Waals surface area contributed by atoms with Gasteiger partial charge >= 0.3 is 5.91 Å². The van der Waals surface area contributed by atoms with E-state index in [1.54, 1.807) is 30.3 Å². The molecule has 1 amide bonds. The minimum absolute atomic E-state index is 0.107. The van der Waals surface area contributed by atoms with Crippen molar-refractivity contribution in [2.45, 2.75) is 6.04 Å². The largest absolute Gasteiger partial charge is 0.507 e. The van der Waals surface area contributed by atoms with Crippen molar-refractivity contribution in [1.29, 1.82) is 0 Å². The molecule has 1 aliphatic rings. The molecule has 10 heteroatoms. The Kier molecular flexibility index (Phi) is 5.24. The zero-order valence-corrected chi connectivity index (χ0v) is 19.8. The topological polar surface area (TPSA) is 127 Å². The minimum Gasteiger partial charge on any atom is -0.507 e. The zero-order valence-electron chi connectivity index (χ0n) is 18.9. The predicted octanol–water partition coefficient (Wildman–Crippen LogP) is 5.38. The van der Waals surface area contributed by atoms with Crippen molar-refractivity contribution in [3.05, 3.63) is 112 Å². The SMILES string of the molecule is O=C1C(=O)N(c2nc3ccc([N+](=O)[O-])cc3s2)C(c2ccccn2)/C1=C(\O)c1ccc2ccccc2c1. The Morgan fingerprint density at radius 1 is 0.973 bits per heavy atom. The number of pyridine rings is 1. The number of Topliss-reactive ketones (excluding diaryl/α,β-unsaturated/α-hetero) is 1. The number of carbonyl (C=O) groups excluding carboxylic acids is 2. The van der Waals surface area contributed by atoms with E-state index in [1.165, 1.54) is 29.3 Å². The lowest BCUT2D eigenvalue weighted by Crippen LogP contribution is -2.29. The molecule has 6 rings (SSSR count). The molecule has 3 aromatic carbocycles. The molecule has 0 spiro atoms. The number of hydrogen-bond donors (Lipinski definition) is 1. The van der Waals surface area contributed by atoms with E-state index in [0.29, 0.717) is 21.5 Å². The van der Waals surface area contributed by atoms with Gasteiger partial charge in [0.15, 0.2) is 5.13 Å². The molecule has 1 unspecified atom stereocenters. The van der Waals surface area contributed by atoms with Crippen LogP contribution in [0.3, 0.4) is 0 Å². The van der Waals surface area contributed by atoms with Crippen LogP contribution in [0.4, 0.5) is 10.8 Å². The number of aromatic nitrogens is 2. The van der Waals surface area contributed by atoms with Gasteiger partial charge in [-0.15, -0.1) is 0 Å². The van der Waals surface area contributed by atoms with Gasteiger partial charge in [-0.25, -0.2) is 4.98 Å². The van der Waals surface area contributed by atoms with Crippen molar-refractivity contribution in [2.24, 2.45) is 0 Å². The van der Waals surface area contributed by atoms with E-state index in [2.05, 4.69) is 9.97 Å². The van der Waals surface area contributed by atoms with E-state index in [4.69, 9.17) is 0 Å². The van der Waals surface area contributed by atoms with Crippen molar-refractivity contribution in [3.8, 4) is 0 Å². The molecular weight excluding hydrogens is 492 g/mol. The summed E-state index contributed by atoms with van der Waals surface area (Å²) in [4.78, 5) is 47.5. The highest BCUT2D eigenvalue weighted by atomic mass is 32.1. The summed E-state index contributed by atoms with van der Waals surface area (Å²) in [5.41, 5.74) is 0.986. The van der Waals surface area contributed by atoms with Crippen molar-refractivity contribution in [1.82, 2.24) is 9.97 Å². The highest BCUT2D eigenvalue weighted by Gasteiger charge is 2.48. The number of nitro benzene ring substituents is 1. The lowest BCUT2D eigenvalue weighted by Gasteiger charge is -2.22. The molecule has 37 heavy (non-hydrogen) atoms. The molecule has 1 aliphatic heterocycles. The van der Waals surface area contributed by atoms with E-state index in [1.807, 2.05) is 30.3 Å². The van der Waals surface area contributed by atoms with Crippen LogP contribution in [0, 0.1) is 10.1 Å². The van der Waals surface area contributed by atoms with E-state index < -0.39 is 22.7 Å². The number of ketones is 1. The van der Waals surface area contributed by atoms with Crippen LogP contribution in [-0.4, -0.2) is 31.7 Å². The molecule has 180 valence electrons. The molecule has 1 N–H and O–H groups in total. The summed E-state index contributed by atoms with van der Waals surface area (Å²) in [5, 5.41) is 24.6. The van der Waals surface area contributed by atoms with E-state index in [0.717, 1.165) is 22.1 Å². The number of amides is 1. The fourth-order valence-corrected chi connectivity index (χ4v) is 5.48. The second kappa shape index (κ2) is 8.61. The van der Waals surface area contributed by atoms with Crippen molar-refractivity contribution < 1.29 is 19.6 Å². The summed E-state index contributed by atoms with van der Waals surface area (Å²) in [6.45, 7) is 0. The second-order valence-corrected chi connectivity index (χ2v) is 9.40. The molecule has 2 aromatic heterocycles. The van der Waals surface area contributed by atoms with Gasteiger partial charge in [0.1, 0.15) is 11.8 Å². The number of anilines is 1. The Balaban J connectivity index is 1.54. The van der Waals surface area contributed by atoms with Crippen molar-refractivity contribution in [2.75, 3.05) is 4.90 Å². The third-order valence-corrected chi connectivity index (χ3v) is 7.23.